The minimum absolute atomic E-state index is 0.00554. The first-order valence-corrected chi connectivity index (χ1v) is 6.23. The predicted octanol–water partition coefficient (Wildman–Crippen LogP) is 2.34. The predicted molar refractivity (Wildman–Crippen MR) is 72.2 cm³/mol. The number of carbonyl (C=O) groups is 1. The molecule has 0 radical (unpaired) electrons. The summed E-state index contributed by atoms with van der Waals surface area (Å²) >= 11 is 0. The van der Waals surface area contributed by atoms with Gasteiger partial charge in [-0.3, -0.25) is 9.48 Å². The number of furan rings is 1. The van der Waals surface area contributed by atoms with Crippen molar-refractivity contribution in [1.82, 2.24) is 15.1 Å². The zero-order valence-corrected chi connectivity index (χ0v) is 11.7. The van der Waals surface area contributed by atoms with Crippen LogP contribution in [0, 0.1) is 5.41 Å². The zero-order chi connectivity index (χ0) is 14.0. The van der Waals surface area contributed by atoms with E-state index in [2.05, 4.69) is 10.4 Å². The maximum atomic E-state index is 11.8. The normalized spacial score (nSPS) is 11.6. The highest BCUT2D eigenvalue weighted by atomic mass is 16.3. The number of aromatic nitrogens is 2. The van der Waals surface area contributed by atoms with Crippen molar-refractivity contribution in [2.45, 2.75) is 27.3 Å². The van der Waals surface area contributed by atoms with E-state index >= 15 is 0 Å². The molecule has 2 aromatic heterocycles. The van der Waals surface area contributed by atoms with E-state index in [1.165, 1.54) is 0 Å². The van der Waals surface area contributed by atoms with Crippen LogP contribution in [0.3, 0.4) is 0 Å². The topological polar surface area (TPSA) is 60.1 Å². The number of amides is 1. The molecule has 0 aliphatic heterocycles. The molecule has 0 fully saturated rings. The highest BCUT2D eigenvalue weighted by molar-refractivity contribution is 5.81. The summed E-state index contributed by atoms with van der Waals surface area (Å²) in [5.41, 5.74) is 0.519. The lowest BCUT2D eigenvalue weighted by Crippen LogP contribution is -2.34. The van der Waals surface area contributed by atoms with Crippen LogP contribution < -0.4 is 5.32 Å². The lowest BCUT2D eigenvalue weighted by molar-refractivity contribution is -0.128. The van der Waals surface area contributed by atoms with Gasteiger partial charge in [0.25, 0.3) is 0 Å². The Kier molecular flexibility index (Phi) is 3.46. The van der Waals surface area contributed by atoms with Gasteiger partial charge in [-0.05, 0) is 18.2 Å². The second kappa shape index (κ2) is 4.91. The Morgan fingerprint density at radius 2 is 2.11 bits per heavy atom. The molecule has 19 heavy (non-hydrogen) atoms. The quantitative estimate of drug-likeness (QED) is 0.922. The van der Waals surface area contributed by atoms with Crippen LogP contribution in [0.25, 0.3) is 11.5 Å². The smallest absolute Gasteiger partial charge is 0.225 e. The van der Waals surface area contributed by atoms with E-state index in [-0.39, 0.29) is 5.91 Å². The average molecular weight is 261 g/mol. The van der Waals surface area contributed by atoms with Crippen LogP contribution in [0.5, 0.6) is 0 Å². The SMILES string of the molecule is Cn1nccc1-c1ccc(CNC(=O)C(C)(C)C)o1. The Bertz CT molecular complexity index is 576. The number of nitrogens with one attached hydrogen (secondary N) is 1. The van der Waals surface area contributed by atoms with Gasteiger partial charge in [-0.25, -0.2) is 0 Å². The van der Waals surface area contributed by atoms with Crippen molar-refractivity contribution >= 4 is 5.91 Å². The van der Waals surface area contributed by atoms with E-state index in [0.29, 0.717) is 6.54 Å². The molecule has 0 aliphatic carbocycles. The van der Waals surface area contributed by atoms with E-state index in [1.54, 1.807) is 10.9 Å². The summed E-state index contributed by atoms with van der Waals surface area (Å²) in [5, 5.41) is 6.95. The van der Waals surface area contributed by atoms with E-state index in [4.69, 9.17) is 4.42 Å². The molecule has 0 aliphatic rings. The summed E-state index contributed by atoms with van der Waals surface area (Å²) in [6.07, 6.45) is 1.72. The van der Waals surface area contributed by atoms with Gasteiger partial charge < -0.3 is 9.73 Å². The van der Waals surface area contributed by atoms with Gasteiger partial charge in [-0.1, -0.05) is 20.8 Å². The first-order valence-electron chi connectivity index (χ1n) is 6.23. The first-order chi connectivity index (χ1) is 8.88. The van der Waals surface area contributed by atoms with Crippen LogP contribution in [0.15, 0.2) is 28.8 Å². The molecule has 102 valence electrons. The lowest BCUT2D eigenvalue weighted by atomic mass is 9.96. The van der Waals surface area contributed by atoms with E-state index in [1.807, 2.05) is 46.0 Å². The molecule has 2 rings (SSSR count). The van der Waals surface area contributed by atoms with Crippen LogP contribution in [0.4, 0.5) is 0 Å². The number of nitrogens with zero attached hydrogens (tertiary/aromatic N) is 2. The van der Waals surface area contributed by atoms with E-state index in [9.17, 15) is 4.79 Å². The number of hydrogen-bond donors (Lipinski definition) is 1. The molecule has 0 atom stereocenters. The van der Waals surface area contributed by atoms with Crippen LogP contribution in [0.2, 0.25) is 0 Å². The van der Waals surface area contributed by atoms with Gasteiger partial charge in [-0.2, -0.15) is 5.10 Å². The second-order valence-electron chi connectivity index (χ2n) is 5.54. The molecule has 1 N–H and O–H groups in total. The number of rotatable bonds is 3. The Morgan fingerprint density at radius 3 is 2.68 bits per heavy atom. The third-order valence-electron chi connectivity index (χ3n) is 2.84. The fraction of sp³-hybridized carbons (Fsp3) is 0.429. The first kappa shape index (κ1) is 13.4. The molecular weight excluding hydrogens is 242 g/mol. The minimum atomic E-state index is -0.391. The van der Waals surface area contributed by atoms with Crippen LogP contribution >= 0.6 is 0 Å². The van der Waals surface area contributed by atoms with Gasteiger partial charge in [0, 0.05) is 18.7 Å². The summed E-state index contributed by atoms with van der Waals surface area (Å²) in [6, 6.07) is 5.64. The molecule has 0 unspecified atom stereocenters. The van der Waals surface area contributed by atoms with Crippen molar-refractivity contribution in [3.8, 4) is 11.5 Å². The monoisotopic (exact) mass is 261 g/mol. The van der Waals surface area contributed by atoms with Crippen molar-refractivity contribution < 1.29 is 9.21 Å². The fourth-order valence-electron chi connectivity index (χ4n) is 1.66. The molecule has 0 saturated heterocycles. The molecule has 5 nitrogen and oxygen atoms in total. The Morgan fingerprint density at radius 1 is 1.37 bits per heavy atom. The maximum Gasteiger partial charge on any atom is 0.225 e. The van der Waals surface area contributed by atoms with Crippen LogP contribution in [0.1, 0.15) is 26.5 Å². The highest BCUT2D eigenvalue weighted by Crippen LogP contribution is 2.21. The average Bonchev–Trinajstić information content (AvgIpc) is 2.92. The molecule has 5 heteroatoms. The van der Waals surface area contributed by atoms with Crippen LogP contribution in [-0.4, -0.2) is 15.7 Å². The van der Waals surface area contributed by atoms with Crippen molar-refractivity contribution in [2.24, 2.45) is 12.5 Å². The molecule has 1 amide bonds. The summed E-state index contributed by atoms with van der Waals surface area (Å²) < 4.78 is 7.44. The Balaban J connectivity index is 2.03. The van der Waals surface area contributed by atoms with Gasteiger partial charge in [0.05, 0.1) is 6.54 Å². The van der Waals surface area contributed by atoms with Gasteiger partial charge in [0.2, 0.25) is 5.91 Å². The maximum absolute atomic E-state index is 11.8. The van der Waals surface area contributed by atoms with Crippen molar-refractivity contribution in [1.29, 1.82) is 0 Å². The molecule has 2 heterocycles. The molecule has 0 saturated carbocycles. The summed E-state index contributed by atoms with van der Waals surface area (Å²) in [6.45, 7) is 6.04. The number of aryl methyl sites for hydroxylation is 1. The molecule has 0 bridgehead atoms. The number of carbonyl (C=O) groups excluding carboxylic acids is 1. The molecule has 0 aromatic carbocycles. The summed E-state index contributed by atoms with van der Waals surface area (Å²) in [4.78, 5) is 11.8. The lowest BCUT2D eigenvalue weighted by Gasteiger charge is -2.16. The van der Waals surface area contributed by atoms with Gasteiger partial charge >= 0.3 is 0 Å². The second-order valence-corrected chi connectivity index (χ2v) is 5.54. The van der Waals surface area contributed by atoms with E-state index in [0.717, 1.165) is 17.2 Å². The van der Waals surface area contributed by atoms with E-state index < -0.39 is 5.41 Å². The Hall–Kier alpha value is -2.04. The standard InChI is InChI=1S/C14H19N3O2/c1-14(2,3)13(18)15-9-10-5-6-12(19-10)11-7-8-16-17(11)4/h5-8H,9H2,1-4H3,(H,15,18). The molecular formula is C14H19N3O2. The molecule has 2 aromatic rings. The minimum Gasteiger partial charge on any atom is -0.458 e. The molecule has 0 spiro atoms. The van der Waals surface area contributed by atoms with Crippen molar-refractivity contribution in [3.63, 3.8) is 0 Å². The largest absolute Gasteiger partial charge is 0.458 e. The third-order valence-corrected chi connectivity index (χ3v) is 2.84. The zero-order valence-electron chi connectivity index (χ0n) is 11.7. The van der Waals surface area contributed by atoms with Crippen LogP contribution in [-0.2, 0) is 18.4 Å². The third kappa shape index (κ3) is 3.05. The summed E-state index contributed by atoms with van der Waals surface area (Å²) in [7, 11) is 1.86. The summed E-state index contributed by atoms with van der Waals surface area (Å²) in [5.74, 6) is 1.49. The van der Waals surface area contributed by atoms with Gasteiger partial charge in [-0.15, -0.1) is 0 Å². The fourth-order valence-corrected chi connectivity index (χ4v) is 1.66. The number of hydrogen-bond acceptors (Lipinski definition) is 3. The van der Waals surface area contributed by atoms with Gasteiger partial charge in [0.1, 0.15) is 11.5 Å². The van der Waals surface area contributed by atoms with Gasteiger partial charge in [0.15, 0.2) is 5.76 Å². The highest BCUT2D eigenvalue weighted by Gasteiger charge is 2.21. The van der Waals surface area contributed by atoms with Crippen molar-refractivity contribution in [2.75, 3.05) is 0 Å². The van der Waals surface area contributed by atoms with Crippen molar-refractivity contribution in [3.05, 3.63) is 30.2 Å². The Labute approximate surface area is 112 Å².